The lowest BCUT2D eigenvalue weighted by Gasteiger charge is -2.12. The zero-order valence-corrected chi connectivity index (χ0v) is 10.4. The number of fused-ring (bicyclic) bond motifs is 1. The molecule has 2 rings (SSSR count). The van der Waals surface area contributed by atoms with E-state index < -0.39 is 0 Å². The summed E-state index contributed by atoms with van der Waals surface area (Å²) in [5.41, 5.74) is 2.21. The standard InChI is InChI=1S/C12H16ClNO2/c1-14-5-3-8-7-10(15-2)12-9(11(8)13)4-6-16-12/h7,14H,3-6H2,1-2H3. The SMILES string of the molecule is CNCCc1cc(OC)c2c(c1Cl)CCO2. The summed E-state index contributed by atoms with van der Waals surface area (Å²) in [6, 6.07) is 1.98. The summed E-state index contributed by atoms with van der Waals surface area (Å²) in [6.45, 7) is 1.60. The molecule has 16 heavy (non-hydrogen) atoms. The number of nitrogens with one attached hydrogen (secondary N) is 1. The molecule has 1 aliphatic heterocycles. The third kappa shape index (κ3) is 1.97. The lowest BCUT2D eigenvalue weighted by molar-refractivity contribution is 0.326. The highest BCUT2D eigenvalue weighted by atomic mass is 35.5. The van der Waals surface area contributed by atoms with Gasteiger partial charge < -0.3 is 14.8 Å². The minimum Gasteiger partial charge on any atom is -0.493 e. The fourth-order valence-electron chi connectivity index (χ4n) is 1.96. The summed E-state index contributed by atoms with van der Waals surface area (Å²) in [5, 5.41) is 3.95. The van der Waals surface area contributed by atoms with Crippen molar-refractivity contribution < 1.29 is 9.47 Å². The molecule has 3 nitrogen and oxygen atoms in total. The van der Waals surface area contributed by atoms with Crippen molar-refractivity contribution in [1.29, 1.82) is 0 Å². The molecule has 0 unspecified atom stereocenters. The Kier molecular flexibility index (Phi) is 3.56. The molecule has 4 heteroatoms. The maximum atomic E-state index is 6.36. The molecule has 1 aromatic carbocycles. The Hall–Kier alpha value is -0.930. The number of hydrogen-bond donors (Lipinski definition) is 1. The van der Waals surface area contributed by atoms with Crippen LogP contribution in [0.2, 0.25) is 5.02 Å². The lowest BCUT2D eigenvalue weighted by Crippen LogP contribution is -2.11. The maximum absolute atomic E-state index is 6.36. The molecule has 0 aromatic heterocycles. The topological polar surface area (TPSA) is 30.5 Å². The van der Waals surface area contributed by atoms with Crippen LogP contribution in [0.4, 0.5) is 0 Å². The molecular weight excluding hydrogens is 226 g/mol. The zero-order chi connectivity index (χ0) is 11.5. The van der Waals surface area contributed by atoms with E-state index in [4.69, 9.17) is 21.1 Å². The van der Waals surface area contributed by atoms with E-state index in [-0.39, 0.29) is 0 Å². The van der Waals surface area contributed by atoms with E-state index in [1.807, 2.05) is 13.1 Å². The maximum Gasteiger partial charge on any atom is 0.165 e. The van der Waals surface area contributed by atoms with Crippen molar-refractivity contribution in [2.24, 2.45) is 0 Å². The van der Waals surface area contributed by atoms with Crippen molar-refractivity contribution in [2.75, 3.05) is 27.3 Å². The van der Waals surface area contributed by atoms with E-state index in [1.165, 1.54) is 0 Å². The average molecular weight is 242 g/mol. The fourth-order valence-corrected chi connectivity index (χ4v) is 2.29. The van der Waals surface area contributed by atoms with Crippen LogP contribution in [0.15, 0.2) is 6.07 Å². The number of halogens is 1. The molecule has 0 aliphatic carbocycles. The molecule has 0 atom stereocenters. The molecule has 0 saturated heterocycles. The van der Waals surface area contributed by atoms with E-state index in [1.54, 1.807) is 7.11 Å². The molecule has 0 spiro atoms. The zero-order valence-electron chi connectivity index (χ0n) is 9.60. The summed E-state index contributed by atoms with van der Waals surface area (Å²) < 4.78 is 10.9. The van der Waals surface area contributed by atoms with E-state index >= 15 is 0 Å². The second-order valence-corrected chi connectivity index (χ2v) is 4.19. The van der Waals surface area contributed by atoms with E-state index in [0.29, 0.717) is 6.61 Å². The van der Waals surface area contributed by atoms with E-state index in [2.05, 4.69) is 5.32 Å². The van der Waals surface area contributed by atoms with Gasteiger partial charge in [0.25, 0.3) is 0 Å². The molecule has 1 heterocycles. The molecule has 0 fully saturated rings. The highest BCUT2D eigenvalue weighted by Gasteiger charge is 2.22. The Morgan fingerprint density at radius 3 is 3.06 bits per heavy atom. The first-order valence-corrected chi connectivity index (χ1v) is 5.81. The third-order valence-electron chi connectivity index (χ3n) is 2.81. The van der Waals surface area contributed by atoms with Gasteiger partial charge in [0.2, 0.25) is 0 Å². The number of ether oxygens (including phenoxy) is 2. The quantitative estimate of drug-likeness (QED) is 0.875. The molecule has 0 amide bonds. The minimum absolute atomic E-state index is 0.695. The highest BCUT2D eigenvalue weighted by molar-refractivity contribution is 6.32. The summed E-state index contributed by atoms with van der Waals surface area (Å²) >= 11 is 6.36. The smallest absolute Gasteiger partial charge is 0.165 e. The molecule has 0 radical (unpaired) electrons. The van der Waals surface area contributed by atoms with Crippen LogP contribution in [0.25, 0.3) is 0 Å². The largest absolute Gasteiger partial charge is 0.493 e. The predicted octanol–water partition coefficient (Wildman–Crippen LogP) is 2.05. The first-order valence-electron chi connectivity index (χ1n) is 5.43. The van der Waals surface area contributed by atoms with Crippen molar-refractivity contribution in [3.8, 4) is 11.5 Å². The Bertz CT molecular complexity index is 393. The summed E-state index contributed by atoms with van der Waals surface area (Å²) in [5.74, 6) is 1.61. The molecular formula is C12H16ClNO2. The number of hydrogen-bond acceptors (Lipinski definition) is 3. The Morgan fingerprint density at radius 2 is 2.38 bits per heavy atom. The minimum atomic E-state index is 0.695. The Labute approximate surface area is 101 Å². The summed E-state index contributed by atoms with van der Waals surface area (Å²) in [4.78, 5) is 0. The molecule has 0 bridgehead atoms. The van der Waals surface area contributed by atoms with Crippen LogP contribution >= 0.6 is 11.6 Å². The first-order chi connectivity index (χ1) is 7.77. The molecule has 1 aromatic rings. The molecule has 1 aliphatic rings. The Balaban J connectivity index is 2.39. The van der Waals surface area contributed by atoms with Gasteiger partial charge in [0.1, 0.15) is 0 Å². The van der Waals surface area contributed by atoms with Crippen molar-refractivity contribution in [3.05, 3.63) is 22.2 Å². The summed E-state index contributed by atoms with van der Waals surface area (Å²) in [7, 11) is 3.59. The van der Waals surface area contributed by atoms with Gasteiger partial charge in [-0.15, -0.1) is 0 Å². The second kappa shape index (κ2) is 4.93. The van der Waals surface area contributed by atoms with Gasteiger partial charge in [-0.2, -0.15) is 0 Å². The molecule has 88 valence electrons. The second-order valence-electron chi connectivity index (χ2n) is 3.81. The van der Waals surface area contributed by atoms with Gasteiger partial charge in [-0.25, -0.2) is 0 Å². The predicted molar refractivity (Wildman–Crippen MR) is 64.8 cm³/mol. The van der Waals surface area contributed by atoms with Crippen molar-refractivity contribution >= 4 is 11.6 Å². The fraction of sp³-hybridized carbons (Fsp3) is 0.500. The number of rotatable bonds is 4. The van der Waals surface area contributed by atoms with Gasteiger partial charge in [0.05, 0.1) is 18.7 Å². The molecule has 0 saturated carbocycles. The monoisotopic (exact) mass is 241 g/mol. The van der Waals surface area contributed by atoms with Gasteiger partial charge >= 0.3 is 0 Å². The third-order valence-corrected chi connectivity index (χ3v) is 3.28. The highest BCUT2D eigenvalue weighted by Crippen LogP contribution is 2.42. The van der Waals surface area contributed by atoms with E-state index in [0.717, 1.165) is 47.0 Å². The van der Waals surface area contributed by atoms with Crippen molar-refractivity contribution in [2.45, 2.75) is 12.8 Å². The van der Waals surface area contributed by atoms with Crippen LogP contribution in [0.3, 0.4) is 0 Å². The van der Waals surface area contributed by atoms with Crippen LogP contribution in [0.5, 0.6) is 11.5 Å². The number of benzene rings is 1. The van der Waals surface area contributed by atoms with Crippen LogP contribution in [0.1, 0.15) is 11.1 Å². The molecule has 1 N–H and O–H groups in total. The average Bonchev–Trinajstić information content (AvgIpc) is 2.78. The van der Waals surface area contributed by atoms with Gasteiger partial charge in [-0.3, -0.25) is 0 Å². The first kappa shape index (κ1) is 11.6. The van der Waals surface area contributed by atoms with Crippen molar-refractivity contribution in [1.82, 2.24) is 5.32 Å². The number of methoxy groups -OCH3 is 1. The normalized spacial score (nSPS) is 13.4. The van der Waals surface area contributed by atoms with Gasteiger partial charge in [-0.1, -0.05) is 11.6 Å². The van der Waals surface area contributed by atoms with Crippen LogP contribution in [-0.4, -0.2) is 27.3 Å². The van der Waals surface area contributed by atoms with Crippen molar-refractivity contribution in [3.63, 3.8) is 0 Å². The number of likely N-dealkylation sites (N-methyl/N-ethyl adjacent to an activating group) is 1. The Morgan fingerprint density at radius 1 is 1.56 bits per heavy atom. The van der Waals surface area contributed by atoms with Crippen LogP contribution in [0, 0.1) is 0 Å². The van der Waals surface area contributed by atoms with Gasteiger partial charge in [-0.05, 0) is 31.6 Å². The van der Waals surface area contributed by atoms with Gasteiger partial charge in [0, 0.05) is 12.0 Å². The van der Waals surface area contributed by atoms with Crippen LogP contribution < -0.4 is 14.8 Å². The lowest BCUT2D eigenvalue weighted by atomic mass is 10.0. The van der Waals surface area contributed by atoms with E-state index in [9.17, 15) is 0 Å². The summed E-state index contributed by atoms with van der Waals surface area (Å²) in [6.07, 6.45) is 1.77. The van der Waals surface area contributed by atoms with Gasteiger partial charge in [0.15, 0.2) is 11.5 Å². The van der Waals surface area contributed by atoms with Crippen LogP contribution in [-0.2, 0) is 12.8 Å².